The van der Waals surface area contributed by atoms with Crippen LogP contribution in [0, 0.1) is 23.0 Å². The van der Waals surface area contributed by atoms with E-state index in [-0.39, 0.29) is 10.6 Å². The Morgan fingerprint density at radius 2 is 1.94 bits per heavy atom. The number of ketones is 1. The maximum absolute atomic E-state index is 13.0. The van der Waals surface area contributed by atoms with Gasteiger partial charge in [0.2, 0.25) is 0 Å². The highest BCUT2D eigenvalue weighted by atomic mass is 35.5. The lowest BCUT2D eigenvalue weighted by molar-refractivity contribution is -0.141. The fourth-order valence-corrected chi connectivity index (χ4v) is 1.50. The average Bonchev–Trinajstić information content (AvgIpc) is 2.34. The van der Waals surface area contributed by atoms with Crippen LogP contribution in [-0.4, -0.2) is 25.1 Å². The number of benzene rings is 1. The average molecular weight is 276 g/mol. The Labute approximate surface area is 106 Å². The molecule has 0 heterocycles. The second kappa shape index (κ2) is 5.68. The molecule has 1 aromatic carbocycles. The van der Waals surface area contributed by atoms with Crippen molar-refractivity contribution in [2.45, 2.75) is 0 Å². The molecule has 0 aliphatic carbocycles. The lowest BCUT2D eigenvalue weighted by Gasteiger charge is -2.09. The summed E-state index contributed by atoms with van der Waals surface area (Å²) in [4.78, 5) is 23.1. The maximum Gasteiger partial charge on any atom is 0.322 e. The summed E-state index contributed by atoms with van der Waals surface area (Å²) in [6, 6.07) is 1.21. The van der Waals surface area contributed by atoms with Gasteiger partial charge in [-0.1, -0.05) is 11.6 Å². The third kappa shape index (κ3) is 2.70. The second-order valence-corrected chi connectivity index (χ2v) is 3.69. The molecule has 96 valence electrons. The molecule has 1 aromatic rings. The number of hydrogen-bond donors (Lipinski definition) is 1. The van der Waals surface area contributed by atoms with Crippen molar-refractivity contribution < 1.29 is 23.1 Å². The molecule has 0 saturated heterocycles. The molecule has 0 spiro atoms. The molecule has 0 aliphatic heterocycles. The first-order valence-electron chi connectivity index (χ1n) is 4.69. The van der Waals surface area contributed by atoms with Crippen LogP contribution in [0.4, 0.5) is 8.78 Å². The molecule has 0 fully saturated rings. The fraction of sp³-hybridized carbons (Fsp3) is 0.182. The predicted octanol–water partition coefficient (Wildman–Crippen LogP) is 2.24. The van der Waals surface area contributed by atoms with Crippen molar-refractivity contribution in [3.05, 3.63) is 34.4 Å². The van der Waals surface area contributed by atoms with Crippen LogP contribution in [0.5, 0.6) is 0 Å². The largest absolute Gasteiger partial charge is 0.468 e. The Balaban J connectivity index is 3.21. The van der Waals surface area contributed by atoms with Crippen molar-refractivity contribution in [2.24, 2.45) is 5.92 Å². The van der Waals surface area contributed by atoms with Crippen LogP contribution in [0.1, 0.15) is 10.4 Å². The standard InChI is InChI=1S/C11H8ClF2NO3/c1-18-11(17)6(4-15)10(16)5-2-8(13)9(14)3-7(5)12/h2-4,6,15H,1H3. The first kappa shape index (κ1) is 14.2. The second-order valence-electron chi connectivity index (χ2n) is 3.28. The summed E-state index contributed by atoms with van der Waals surface area (Å²) in [5.74, 6) is -5.91. The maximum atomic E-state index is 13.0. The van der Waals surface area contributed by atoms with E-state index in [4.69, 9.17) is 17.0 Å². The summed E-state index contributed by atoms with van der Waals surface area (Å²) < 4.78 is 30.2. The van der Waals surface area contributed by atoms with Crippen molar-refractivity contribution in [2.75, 3.05) is 7.11 Å². The van der Waals surface area contributed by atoms with Gasteiger partial charge in [-0.25, -0.2) is 8.78 Å². The van der Waals surface area contributed by atoms with E-state index in [9.17, 15) is 18.4 Å². The Morgan fingerprint density at radius 1 is 1.39 bits per heavy atom. The summed E-state index contributed by atoms with van der Waals surface area (Å²) >= 11 is 5.59. The van der Waals surface area contributed by atoms with E-state index in [0.717, 1.165) is 7.11 Å². The summed E-state index contributed by atoms with van der Waals surface area (Å²) in [5, 5.41) is 6.64. The van der Waals surface area contributed by atoms with Gasteiger partial charge in [0.1, 0.15) is 0 Å². The molecule has 0 aliphatic rings. The van der Waals surface area contributed by atoms with Gasteiger partial charge in [-0.2, -0.15) is 0 Å². The van der Waals surface area contributed by atoms with E-state index in [2.05, 4.69) is 4.74 Å². The van der Waals surface area contributed by atoms with E-state index in [1.807, 2.05) is 0 Å². The van der Waals surface area contributed by atoms with Gasteiger partial charge in [0, 0.05) is 11.8 Å². The van der Waals surface area contributed by atoms with E-state index in [0.29, 0.717) is 18.3 Å². The minimum atomic E-state index is -1.53. The van der Waals surface area contributed by atoms with Gasteiger partial charge in [0.15, 0.2) is 23.3 Å². The molecule has 1 rings (SSSR count). The van der Waals surface area contributed by atoms with Crippen LogP contribution < -0.4 is 0 Å². The number of Topliss-reactive ketones (excluding diaryl/α,β-unsaturated/α-hetero) is 1. The summed E-state index contributed by atoms with van der Waals surface area (Å²) in [7, 11) is 1.04. The molecule has 7 heteroatoms. The molecule has 0 aromatic heterocycles. The molecule has 4 nitrogen and oxygen atoms in total. The van der Waals surface area contributed by atoms with Crippen molar-refractivity contribution in [3.63, 3.8) is 0 Å². The number of ether oxygens (including phenoxy) is 1. The Bertz CT molecular complexity index is 519. The smallest absolute Gasteiger partial charge is 0.322 e. The van der Waals surface area contributed by atoms with Gasteiger partial charge in [-0.15, -0.1) is 0 Å². The minimum absolute atomic E-state index is 0.338. The Hall–Kier alpha value is -1.82. The number of carbonyl (C=O) groups excluding carboxylic acids is 2. The Kier molecular flexibility index (Phi) is 4.49. The third-order valence-electron chi connectivity index (χ3n) is 2.18. The van der Waals surface area contributed by atoms with E-state index >= 15 is 0 Å². The molecule has 0 amide bonds. The molecular weight excluding hydrogens is 268 g/mol. The van der Waals surface area contributed by atoms with Gasteiger partial charge < -0.3 is 10.1 Å². The van der Waals surface area contributed by atoms with Crippen LogP contribution in [-0.2, 0) is 9.53 Å². The topological polar surface area (TPSA) is 67.2 Å². The zero-order valence-electron chi connectivity index (χ0n) is 9.17. The van der Waals surface area contributed by atoms with E-state index < -0.39 is 29.3 Å². The number of carbonyl (C=O) groups is 2. The van der Waals surface area contributed by atoms with Crippen LogP contribution in [0.2, 0.25) is 5.02 Å². The number of nitrogens with one attached hydrogen (secondary N) is 1. The summed E-state index contributed by atoms with van der Waals surface area (Å²) in [6.07, 6.45) is 0.547. The molecule has 0 saturated carbocycles. The predicted molar refractivity (Wildman–Crippen MR) is 60.0 cm³/mol. The molecule has 0 radical (unpaired) electrons. The highest BCUT2D eigenvalue weighted by Crippen LogP contribution is 2.22. The van der Waals surface area contributed by atoms with Gasteiger partial charge >= 0.3 is 5.97 Å². The molecule has 1 atom stereocenters. The molecule has 1 N–H and O–H groups in total. The molecule has 18 heavy (non-hydrogen) atoms. The molecular formula is C11H8ClF2NO3. The van der Waals surface area contributed by atoms with Crippen LogP contribution in [0.15, 0.2) is 12.1 Å². The van der Waals surface area contributed by atoms with Gasteiger partial charge in [-0.3, -0.25) is 9.59 Å². The normalized spacial score (nSPS) is 11.8. The van der Waals surface area contributed by atoms with Gasteiger partial charge in [0.05, 0.1) is 12.1 Å². The fourth-order valence-electron chi connectivity index (χ4n) is 1.26. The number of methoxy groups -OCH3 is 1. The SMILES string of the molecule is COC(=O)C(C=N)C(=O)c1cc(F)c(F)cc1Cl. The molecule has 0 bridgehead atoms. The number of rotatable bonds is 4. The number of halogens is 3. The zero-order valence-corrected chi connectivity index (χ0v) is 9.92. The van der Waals surface area contributed by atoms with Crippen LogP contribution in [0.3, 0.4) is 0 Å². The lowest BCUT2D eigenvalue weighted by Crippen LogP contribution is -2.27. The van der Waals surface area contributed by atoms with Crippen LogP contribution in [0.25, 0.3) is 0 Å². The third-order valence-corrected chi connectivity index (χ3v) is 2.49. The van der Waals surface area contributed by atoms with Crippen molar-refractivity contribution >= 4 is 29.6 Å². The lowest BCUT2D eigenvalue weighted by atomic mass is 9.98. The van der Waals surface area contributed by atoms with Gasteiger partial charge in [0.25, 0.3) is 0 Å². The van der Waals surface area contributed by atoms with Crippen molar-refractivity contribution in [3.8, 4) is 0 Å². The zero-order chi connectivity index (χ0) is 13.9. The Morgan fingerprint density at radius 3 is 2.44 bits per heavy atom. The van der Waals surface area contributed by atoms with E-state index in [1.165, 1.54) is 0 Å². The quantitative estimate of drug-likeness (QED) is 0.301. The van der Waals surface area contributed by atoms with E-state index in [1.54, 1.807) is 0 Å². The summed E-state index contributed by atoms with van der Waals surface area (Å²) in [5.41, 5.74) is -0.380. The number of hydrogen-bond acceptors (Lipinski definition) is 4. The molecule has 1 unspecified atom stereocenters. The monoisotopic (exact) mass is 275 g/mol. The first-order chi connectivity index (χ1) is 8.42. The highest BCUT2D eigenvalue weighted by Gasteiger charge is 2.28. The minimum Gasteiger partial charge on any atom is -0.468 e. The first-order valence-corrected chi connectivity index (χ1v) is 5.07. The summed E-state index contributed by atoms with van der Waals surface area (Å²) in [6.45, 7) is 0. The van der Waals surface area contributed by atoms with Crippen molar-refractivity contribution in [1.82, 2.24) is 0 Å². The highest BCUT2D eigenvalue weighted by molar-refractivity contribution is 6.35. The van der Waals surface area contributed by atoms with Crippen molar-refractivity contribution in [1.29, 1.82) is 5.41 Å². The number of esters is 1. The van der Waals surface area contributed by atoms with Gasteiger partial charge in [-0.05, 0) is 12.1 Å². The van der Waals surface area contributed by atoms with Crippen LogP contribution >= 0.6 is 11.6 Å².